The molecule has 0 aromatic rings. The Balaban J connectivity index is 1.78. The van der Waals surface area contributed by atoms with Gasteiger partial charge in [-0.1, -0.05) is 0 Å². The minimum absolute atomic E-state index is 0.843. The molecule has 1 N–H and O–H groups in total. The van der Waals surface area contributed by atoms with E-state index in [9.17, 15) is 4.91 Å². The zero-order chi connectivity index (χ0) is 9.80. The van der Waals surface area contributed by atoms with E-state index < -0.39 is 0 Å². The van der Waals surface area contributed by atoms with Gasteiger partial charge in [0, 0.05) is 13.1 Å². The molecule has 14 heavy (non-hydrogen) atoms. The quantitative estimate of drug-likeness (QED) is 0.680. The second-order valence-corrected chi connectivity index (χ2v) is 4.46. The van der Waals surface area contributed by atoms with Crippen LogP contribution in [0.3, 0.4) is 0 Å². The van der Waals surface area contributed by atoms with Gasteiger partial charge in [-0.05, 0) is 50.6 Å². The monoisotopic (exact) mass is 197 g/mol. The Morgan fingerprint density at radius 1 is 1.00 bits per heavy atom. The lowest BCUT2D eigenvalue weighted by molar-refractivity contribution is 0.132. The van der Waals surface area contributed by atoms with Gasteiger partial charge in [0.2, 0.25) is 0 Å². The van der Waals surface area contributed by atoms with E-state index in [-0.39, 0.29) is 0 Å². The molecule has 0 aromatic heterocycles. The van der Waals surface area contributed by atoms with Crippen LogP contribution in [-0.2, 0) is 0 Å². The van der Waals surface area contributed by atoms with Gasteiger partial charge in [0.25, 0.3) is 0 Å². The summed E-state index contributed by atoms with van der Waals surface area (Å²) in [5.74, 6) is 1.74. The summed E-state index contributed by atoms with van der Waals surface area (Å²) in [6, 6.07) is 0. The van der Waals surface area contributed by atoms with Crippen LogP contribution in [0.4, 0.5) is 0 Å². The molecule has 2 aliphatic rings. The van der Waals surface area contributed by atoms with Gasteiger partial charge in [-0.2, -0.15) is 0 Å². The van der Waals surface area contributed by atoms with E-state index in [4.69, 9.17) is 0 Å². The van der Waals surface area contributed by atoms with E-state index in [1.807, 2.05) is 0 Å². The molecule has 0 atom stereocenters. The van der Waals surface area contributed by atoms with Crippen LogP contribution in [0.25, 0.3) is 0 Å². The lowest BCUT2D eigenvalue weighted by atomic mass is 9.79. The zero-order valence-corrected chi connectivity index (χ0v) is 8.61. The van der Waals surface area contributed by atoms with Crippen LogP contribution in [0.5, 0.6) is 0 Å². The molecule has 2 rings (SSSR count). The van der Waals surface area contributed by atoms with Gasteiger partial charge in [0.15, 0.2) is 0 Å². The Labute approximate surface area is 85.0 Å². The highest BCUT2D eigenvalue weighted by Gasteiger charge is 2.27. The van der Waals surface area contributed by atoms with Crippen molar-refractivity contribution < 1.29 is 0 Å². The fourth-order valence-electron chi connectivity index (χ4n) is 2.75. The molecular weight excluding hydrogens is 178 g/mol. The molecule has 0 bridgehead atoms. The summed E-state index contributed by atoms with van der Waals surface area (Å²) in [4.78, 5) is 10.3. The van der Waals surface area contributed by atoms with E-state index in [0.717, 1.165) is 37.8 Å². The number of hydrogen-bond donors (Lipinski definition) is 1. The first-order valence-electron chi connectivity index (χ1n) is 5.69. The molecule has 0 aliphatic carbocycles. The lowest BCUT2D eigenvalue weighted by Crippen LogP contribution is -2.37. The second kappa shape index (κ2) is 4.73. The van der Waals surface area contributed by atoms with E-state index in [1.165, 1.54) is 25.9 Å². The van der Waals surface area contributed by atoms with Crippen LogP contribution in [0.2, 0.25) is 0 Å². The molecule has 0 amide bonds. The Hall–Kier alpha value is -0.640. The molecule has 2 heterocycles. The zero-order valence-electron chi connectivity index (χ0n) is 8.61. The minimum atomic E-state index is 0.843. The van der Waals surface area contributed by atoms with Crippen LogP contribution in [0.1, 0.15) is 25.7 Å². The highest BCUT2D eigenvalue weighted by Crippen LogP contribution is 2.30. The number of nitroso groups, excluding NO2 is 1. The molecule has 0 unspecified atom stereocenters. The summed E-state index contributed by atoms with van der Waals surface area (Å²) in [5.41, 5.74) is 0. The third-order valence-electron chi connectivity index (χ3n) is 3.68. The largest absolute Gasteiger partial charge is 0.317 e. The standard InChI is InChI=1S/C10H19N3O/c14-12-13-7-3-10(4-8-13)9-1-5-11-6-2-9/h9-11H,1-8H2. The first-order chi connectivity index (χ1) is 6.90. The molecule has 0 spiro atoms. The molecule has 2 saturated heterocycles. The van der Waals surface area contributed by atoms with E-state index in [0.29, 0.717) is 0 Å². The van der Waals surface area contributed by atoms with Crippen LogP contribution >= 0.6 is 0 Å². The summed E-state index contributed by atoms with van der Waals surface area (Å²) >= 11 is 0. The first kappa shape index (κ1) is 9.90. The Morgan fingerprint density at radius 3 is 2.14 bits per heavy atom. The molecule has 2 aliphatic heterocycles. The van der Waals surface area contributed by atoms with Crippen molar-refractivity contribution in [1.82, 2.24) is 10.3 Å². The third-order valence-corrected chi connectivity index (χ3v) is 3.68. The smallest absolute Gasteiger partial charge is 0.0523 e. The van der Waals surface area contributed by atoms with Crippen molar-refractivity contribution in [3.05, 3.63) is 4.91 Å². The predicted molar refractivity (Wildman–Crippen MR) is 55.7 cm³/mol. The van der Waals surface area contributed by atoms with E-state index in [2.05, 4.69) is 10.6 Å². The highest BCUT2D eigenvalue weighted by molar-refractivity contribution is 4.80. The average Bonchev–Trinajstić information content (AvgIpc) is 2.30. The highest BCUT2D eigenvalue weighted by atomic mass is 16.3. The fourth-order valence-corrected chi connectivity index (χ4v) is 2.75. The molecule has 0 radical (unpaired) electrons. The Kier molecular flexibility index (Phi) is 3.35. The number of rotatable bonds is 2. The van der Waals surface area contributed by atoms with Crippen molar-refractivity contribution >= 4 is 0 Å². The number of nitrogens with one attached hydrogen (secondary N) is 1. The van der Waals surface area contributed by atoms with Crippen molar-refractivity contribution in [3.63, 3.8) is 0 Å². The van der Waals surface area contributed by atoms with Crippen LogP contribution in [0.15, 0.2) is 5.29 Å². The van der Waals surface area contributed by atoms with Crippen molar-refractivity contribution in [3.8, 4) is 0 Å². The van der Waals surface area contributed by atoms with Crippen molar-refractivity contribution in [2.45, 2.75) is 25.7 Å². The molecule has 0 aromatic carbocycles. The minimum Gasteiger partial charge on any atom is -0.317 e. The van der Waals surface area contributed by atoms with Gasteiger partial charge in [-0.3, -0.25) is 5.01 Å². The van der Waals surface area contributed by atoms with Gasteiger partial charge in [0.05, 0.1) is 5.29 Å². The molecule has 2 fully saturated rings. The van der Waals surface area contributed by atoms with Crippen molar-refractivity contribution in [2.24, 2.45) is 17.1 Å². The summed E-state index contributed by atoms with van der Waals surface area (Å²) in [6.45, 7) is 4.10. The van der Waals surface area contributed by atoms with Crippen LogP contribution < -0.4 is 5.32 Å². The maximum absolute atomic E-state index is 10.3. The topological polar surface area (TPSA) is 44.7 Å². The normalized spacial score (nSPS) is 26.4. The first-order valence-corrected chi connectivity index (χ1v) is 5.69. The molecule has 4 nitrogen and oxygen atoms in total. The van der Waals surface area contributed by atoms with Crippen LogP contribution in [0, 0.1) is 16.7 Å². The maximum atomic E-state index is 10.3. The fraction of sp³-hybridized carbons (Fsp3) is 1.00. The van der Waals surface area contributed by atoms with Gasteiger partial charge >= 0.3 is 0 Å². The van der Waals surface area contributed by atoms with Crippen molar-refractivity contribution in [2.75, 3.05) is 26.2 Å². The molecule has 80 valence electrons. The molecule has 4 heteroatoms. The summed E-state index contributed by atoms with van der Waals surface area (Å²) in [5, 5.41) is 8.06. The van der Waals surface area contributed by atoms with E-state index >= 15 is 0 Å². The van der Waals surface area contributed by atoms with Gasteiger partial charge < -0.3 is 5.32 Å². The Bertz CT molecular complexity index is 184. The molecule has 0 saturated carbocycles. The third kappa shape index (κ3) is 2.23. The van der Waals surface area contributed by atoms with Crippen molar-refractivity contribution in [1.29, 1.82) is 0 Å². The average molecular weight is 197 g/mol. The summed E-state index contributed by atoms with van der Waals surface area (Å²) < 4.78 is 0. The lowest BCUT2D eigenvalue weighted by Gasteiger charge is -2.35. The van der Waals surface area contributed by atoms with Gasteiger partial charge in [0.1, 0.15) is 0 Å². The summed E-state index contributed by atoms with van der Waals surface area (Å²) in [6.07, 6.45) is 4.96. The van der Waals surface area contributed by atoms with E-state index in [1.54, 1.807) is 5.01 Å². The second-order valence-electron chi connectivity index (χ2n) is 4.46. The summed E-state index contributed by atoms with van der Waals surface area (Å²) in [7, 11) is 0. The maximum Gasteiger partial charge on any atom is 0.0523 e. The molecular formula is C10H19N3O. The number of piperidine rings is 2. The Morgan fingerprint density at radius 2 is 1.57 bits per heavy atom. The number of hydrogen-bond acceptors (Lipinski definition) is 3. The number of nitrogens with zero attached hydrogens (tertiary/aromatic N) is 2. The van der Waals surface area contributed by atoms with Gasteiger partial charge in [-0.15, -0.1) is 4.91 Å². The van der Waals surface area contributed by atoms with Gasteiger partial charge in [-0.25, -0.2) is 0 Å². The SMILES string of the molecule is O=NN1CCC(C2CCNCC2)CC1. The van der Waals surface area contributed by atoms with Crippen LogP contribution in [-0.4, -0.2) is 31.2 Å². The predicted octanol–water partition coefficient (Wildman–Crippen LogP) is 1.38.